The largest absolute Gasteiger partial charge is 0.494 e. The number of rotatable bonds is 6. The smallest absolute Gasteiger partial charge is 0.433 e. The molecule has 7 nitrogen and oxygen atoms in total. The van der Waals surface area contributed by atoms with E-state index < -0.39 is 17.9 Å². The number of aromatic nitrogens is 2. The maximum absolute atomic E-state index is 13.2. The van der Waals surface area contributed by atoms with Crippen molar-refractivity contribution >= 4 is 16.8 Å². The van der Waals surface area contributed by atoms with Gasteiger partial charge >= 0.3 is 6.18 Å². The van der Waals surface area contributed by atoms with Gasteiger partial charge in [-0.15, -0.1) is 0 Å². The first kappa shape index (κ1) is 23.5. The number of hydrogen-bond acceptors (Lipinski definition) is 6. The Kier molecular flexibility index (Phi) is 6.45. The Labute approximate surface area is 183 Å². The molecule has 3 rings (SSSR count). The SMILES string of the molecule is CCN(C(=O)c1nc(-c2ccc(OC)c3nc(C(F)(F)F)ccc23)oc1[C@H](C)N)C(C)C. The summed E-state index contributed by atoms with van der Waals surface area (Å²) in [7, 11) is 1.34. The molecule has 0 fully saturated rings. The molecule has 0 aliphatic heterocycles. The van der Waals surface area contributed by atoms with E-state index in [-0.39, 0.29) is 40.6 Å². The van der Waals surface area contributed by atoms with Crippen molar-refractivity contribution in [2.45, 2.75) is 46.0 Å². The number of methoxy groups -OCH3 is 1. The van der Waals surface area contributed by atoms with Gasteiger partial charge in [-0.3, -0.25) is 4.79 Å². The van der Waals surface area contributed by atoms with Gasteiger partial charge in [-0.25, -0.2) is 9.97 Å². The molecule has 1 amide bonds. The predicted octanol–water partition coefficient (Wildman–Crippen LogP) is 4.81. The van der Waals surface area contributed by atoms with E-state index in [0.717, 1.165) is 6.07 Å². The van der Waals surface area contributed by atoms with Gasteiger partial charge in [0, 0.05) is 23.5 Å². The van der Waals surface area contributed by atoms with Gasteiger partial charge in [-0.2, -0.15) is 13.2 Å². The summed E-state index contributed by atoms with van der Waals surface area (Å²) in [6.45, 7) is 7.75. The number of nitrogens with two attached hydrogens (primary N) is 1. The maximum atomic E-state index is 13.2. The molecule has 0 saturated heterocycles. The van der Waals surface area contributed by atoms with Crippen LogP contribution in [0.2, 0.25) is 0 Å². The van der Waals surface area contributed by atoms with Gasteiger partial charge in [0.15, 0.2) is 11.5 Å². The normalized spacial score (nSPS) is 12.9. The van der Waals surface area contributed by atoms with Crippen LogP contribution in [0.1, 0.15) is 55.7 Å². The summed E-state index contributed by atoms with van der Waals surface area (Å²) in [6, 6.07) is 4.55. The van der Waals surface area contributed by atoms with Crippen molar-refractivity contribution in [1.29, 1.82) is 0 Å². The fourth-order valence-electron chi connectivity index (χ4n) is 3.49. The lowest BCUT2D eigenvalue weighted by Crippen LogP contribution is -2.37. The molecule has 0 saturated carbocycles. The molecular formula is C22H25F3N4O3. The highest BCUT2D eigenvalue weighted by Crippen LogP contribution is 2.37. The lowest BCUT2D eigenvalue weighted by Gasteiger charge is -2.24. The molecule has 1 atom stereocenters. The number of hydrogen-bond donors (Lipinski definition) is 1. The lowest BCUT2D eigenvalue weighted by atomic mass is 10.1. The van der Waals surface area contributed by atoms with Crippen molar-refractivity contribution in [3.8, 4) is 17.2 Å². The number of amides is 1. The first-order chi connectivity index (χ1) is 15.0. The van der Waals surface area contributed by atoms with Crippen molar-refractivity contribution in [2.75, 3.05) is 13.7 Å². The molecule has 2 aromatic heterocycles. The molecule has 1 aromatic carbocycles. The van der Waals surface area contributed by atoms with Crippen molar-refractivity contribution < 1.29 is 27.1 Å². The van der Waals surface area contributed by atoms with Crippen LogP contribution in [0.5, 0.6) is 5.75 Å². The van der Waals surface area contributed by atoms with Crippen LogP contribution in [0.25, 0.3) is 22.4 Å². The van der Waals surface area contributed by atoms with E-state index in [1.165, 1.54) is 19.2 Å². The minimum atomic E-state index is -4.61. The third-order valence-electron chi connectivity index (χ3n) is 5.06. The quantitative estimate of drug-likeness (QED) is 0.579. The number of oxazole rings is 1. The summed E-state index contributed by atoms with van der Waals surface area (Å²) >= 11 is 0. The van der Waals surface area contributed by atoms with Crippen molar-refractivity contribution in [2.24, 2.45) is 5.73 Å². The summed E-state index contributed by atoms with van der Waals surface area (Å²) in [5, 5.41) is 0.338. The Morgan fingerprint density at radius 3 is 2.41 bits per heavy atom. The van der Waals surface area contributed by atoms with Crippen LogP contribution in [-0.4, -0.2) is 40.5 Å². The van der Waals surface area contributed by atoms with E-state index >= 15 is 0 Å². The summed E-state index contributed by atoms with van der Waals surface area (Å²) in [6.07, 6.45) is -4.61. The number of benzene rings is 1. The van der Waals surface area contributed by atoms with Crippen molar-refractivity contribution in [1.82, 2.24) is 14.9 Å². The number of halogens is 3. The van der Waals surface area contributed by atoms with E-state index in [9.17, 15) is 18.0 Å². The highest BCUT2D eigenvalue weighted by Gasteiger charge is 2.33. The Morgan fingerprint density at radius 2 is 1.88 bits per heavy atom. The number of carbonyl (C=O) groups excluding carboxylic acids is 1. The highest BCUT2D eigenvalue weighted by molar-refractivity contribution is 5.98. The van der Waals surface area contributed by atoms with Crippen molar-refractivity contribution in [3.05, 3.63) is 41.4 Å². The summed E-state index contributed by atoms with van der Waals surface area (Å²) < 4.78 is 50.6. The molecule has 0 radical (unpaired) electrons. The van der Waals surface area contributed by atoms with E-state index in [4.69, 9.17) is 14.9 Å². The van der Waals surface area contributed by atoms with Crippen LogP contribution in [0.4, 0.5) is 13.2 Å². The van der Waals surface area contributed by atoms with Gasteiger partial charge in [0.1, 0.15) is 17.0 Å². The molecule has 2 heterocycles. The molecule has 0 unspecified atom stereocenters. The number of ether oxygens (including phenoxy) is 1. The minimum Gasteiger partial charge on any atom is -0.494 e. The Morgan fingerprint density at radius 1 is 1.19 bits per heavy atom. The van der Waals surface area contributed by atoms with E-state index in [0.29, 0.717) is 17.5 Å². The molecule has 32 heavy (non-hydrogen) atoms. The van der Waals surface area contributed by atoms with Crippen LogP contribution in [0.3, 0.4) is 0 Å². The Hall–Kier alpha value is -3.14. The first-order valence-corrected chi connectivity index (χ1v) is 10.1. The second-order valence-corrected chi connectivity index (χ2v) is 7.61. The third kappa shape index (κ3) is 4.27. The van der Waals surface area contributed by atoms with Gasteiger partial charge < -0.3 is 19.8 Å². The molecule has 0 aliphatic rings. The molecule has 0 aliphatic carbocycles. The highest BCUT2D eigenvalue weighted by atomic mass is 19.4. The Balaban J connectivity index is 2.22. The van der Waals surface area contributed by atoms with Gasteiger partial charge in [0.05, 0.1) is 13.2 Å². The van der Waals surface area contributed by atoms with Gasteiger partial charge in [0.25, 0.3) is 5.91 Å². The van der Waals surface area contributed by atoms with Gasteiger partial charge in [-0.1, -0.05) is 0 Å². The van der Waals surface area contributed by atoms with Gasteiger partial charge in [0.2, 0.25) is 5.89 Å². The summed E-state index contributed by atoms with van der Waals surface area (Å²) in [5.74, 6) is 0.102. The average Bonchev–Trinajstić information content (AvgIpc) is 3.17. The summed E-state index contributed by atoms with van der Waals surface area (Å²) in [5.41, 5.74) is 5.43. The van der Waals surface area contributed by atoms with Crippen LogP contribution in [0, 0.1) is 0 Å². The number of fused-ring (bicyclic) bond motifs is 1. The van der Waals surface area contributed by atoms with E-state index in [2.05, 4.69) is 9.97 Å². The molecule has 2 N–H and O–H groups in total. The lowest BCUT2D eigenvalue weighted by molar-refractivity contribution is -0.140. The zero-order valence-corrected chi connectivity index (χ0v) is 18.4. The zero-order valence-electron chi connectivity index (χ0n) is 18.4. The molecule has 0 bridgehead atoms. The fourth-order valence-corrected chi connectivity index (χ4v) is 3.49. The van der Waals surface area contributed by atoms with Crippen LogP contribution >= 0.6 is 0 Å². The number of pyridine rings is 1. The minimum absolute atomic E-state index is 0.00520. The van der Waals surface area contributed by atoms with Gasteiger partial charge in [-0.05, 0) is 52.0 Å². The molecule has 0 spiro atoms. The van der Waals surface area contributed by atoms with E-state index in [1.807, 2.05) is 20.8 Å². The number of alkyl halides is 3. The maximum Gasteiger partial charge on any atom is 0.433 e. The predicted molar refractivity (Wildman–Crippen MR) is 113 cm³/mol. The third-order valence-corrected chi connectivity index (χ3v) is 5.06. The average molecular weight is 450 g/mol. The number of carbonyl (C=O) groups is 1. The standard InChI is InChI=1S/C22H25F3N4O3/c1-6-29(11(2)3)21(30)18-19(12(4)26)32-20(28-18)14-7-9-15(31-5)17-13(14)8-10-16(27-17)22(23,24)25/h7-12H,6,26H2,1-5H3/t12-/m0/s1. The second kappa shape index (κ2) is 8.78. The first-order valence-electron chi connectivity index (χ1n) is 10.1. The molecular weight excluding hydrogens is 425 g/mol. The molecule has 10 heteroatoms. The zero-order chi connectivity index (χ0) is 23.8. The Bertz CT molecular complexity index is 1140. The van der Waals surface area contributed by atoms with Crippen molar-refractivity contribution in [3.63, 3.8) is 0 Å². The number of nitrogens with zero attached hydrogens (tertiary/aromatic N) is 3. The van der Waals surface area contributed by atoms with Crippen LogP contribution in [-0.2, 0) is 6.18 Å². The van der Waals surface area contributed by atoms with Crippen LogP contribution in [0.15, 0.2) is 28.7 Å². The van der Waals surface area contributed by atoms with Crippen LogP contribution < -0.4 is 10.5 Å². The molecule has 3 aromatic rings. The summed E-state index contributed by atoms with van der Waals surface area (Å²) in [4.78, 5) is 22.9. The molecule has 172 valence electrons. The fraction of sp³-hybridized carbons (Fsp3) is 0.409. The van der Waals surface area contributed by atoms with E-state index in [1.54, 1.807) is 17.9 Å². The monoisotopic (exact) mass is 450 g/mol. The second-order valence-electron chi connectivity index (χ2n) is 7.61. The topological polar surface area (TPSA) is 94.5 Å².